The summed E-state index contributed by atoms with van der Waals surface area (Å²) in [5.74, 6) is -2.64. The molecule has 188 valence electrons. The molecule has 1 N–H and O–H groups in total. The molecule has 2 aliphatic rings. The van der Waals surface area contributed by atoms with Crippen LogP contribution < -0.4 is 9.47 Å². The number of rotatable bonds is 7. The first-order valence-electron chi connectivity index (χ1n) is 9.56. The van der Waals surface area contributed by atoms with Crippen molar-refractivity contribution in [1.82, 2.24) is 5.01 Å². The second kappa shape index (κ2) is 9.44. The van der Waals surface area contributed by atoms with Crippen molar-refractivity contribution in [3.63, 3.8) is 0 Å². The van der Waals surface area contributed by atoms with E-state index >= 15 is 0 Å². The number of nitrogens with zero attached hydrogens (tertiary/aromatic N) is 3. The van der Waals surface area contributed by atoms with Crippen LogP contribution in [0.1, 0.15) is 18.1 Å². The predicted octanol–water partition coefficient (Wildman–Crippen LogP) is 2.84. The van der Waals surface area contributed by atoms with Gasteiger partial charge in [0.2, 0.25) is 11.4 Å². The molecule has 2 aliphatic heterocycles. The van der Waals surface area contributed by atoms with Crippen molar-refractivity contribution in [3.8, 4) is 11.5 Å². The van der Waals surface area contributed by atoms with E-state index in [2.05, 4.69) is 19.6 Å². The Kier molecular flexibility index (Phi) is 6.99. The molecule has 0 radical (unpaired) electrons. The maximum absolute atomic E-state index is 13.6. The fourth-order valence-corrected chi connectivity index (χ4v) is 3.08. The molecule has 1 atom stereocenters. The normalized spacial score (nSPS) is 18.9. The number of hydrogen-bond acceptors (Lipinski definition) is 8. The second-order valence-electron chi connectivity index (χ2n) is 7.08. The number of hydrazine groups is 1. The van der Waals surface area contributed by atoms with Gasteiger partial charge in [0.15, 0.2) is 0 Å². The molecule has 34 heavy (non-hydrogen) atoms. The Bertz CT molecular complexity index is 989. The first-order chi connectivity index (χ1) is 15.8. The molecule has 16 heteroatoms. The van der Waals surface area contributed by atoms with Gasteiger partial charge >= 0.3 is 18.5 Å². The summed E-state index contributed by atoms with van der Waals surface area (Å²) < 4.78 is 91.9. The maximum atomic E-state index is 13.6. The van der Waals surface area contributed by atoms with E-state index in [1.54, 1.807) is 0 Å². The molecule has 0 saturated carbocycles. The lowest BCUT2D eigenvalue weighted by atomic mass is 9.97. The van der Waals surface area contributed by atoms with Gasteiger partial charge in [0.1, 0.15) is 30.7 Å². The van der Waals surface area contributed by atoms with Crippen LogP contribution >= 0.6 is 0 Å². The summed E-state index contributed by atoms with van der Waals surface area (Å²) >= 11 is 0. The minimum Gasteiger partial charge on any atom is -0.569 e. The zero-order chi connectivity index (χ0) is 25.3. The number of hydrogen-bond donors (Lipinski definition) is 1. The van der Waals surface area contributed by atoms with Crippen molar-refractivity contribution in [2.75, 3.05) is 19.9 Å². The smallest absolute Gasteiger partial charge is 0.569 e. The van der Waals surface area contributed by atoms with Gasteiger partial charge in [-0.15, -0.1) is 18.2 Å². The molecular weight excluding hydrogens is 484 g/mol. The summed E-state index contributed by atoms with van der Waals surface area (Å²) in [6, 6.07) is 1.66. The van der Waals surface area contributed by atoms with E-state index in [1.807, 2.05) is 0 Å². The van der Waals surface area contributed by atoms with Crippen molar-refractivity contribution in [2.24, 2.45) is 5.28 Å². The first kappa shape index (κ1) is 25.2. The first-order valence-corrected chi connectivity index (χ1v) is 9.56. The quantitative estimate of drug-likeness (QED) is 0.115. The minimum absolute atomic E-state index is 0.00464. The number of fused-ring (bicyclic) bond motifs is 1. The van der Waals surface area contributed by atoms with Crippen LogP contribution in [0.5, 0.6) is 11.5 Å². The highest BCUT2D eigenvalue weighted by molar-refractivity contribution is 5.96. The van der Waals surface area contributed by atoms with Crippen LogP contribution in [0.4, 0.5) is 26.3 Å². The van der Waals surface area contributed by atoms with Crippen LogP contribution in [0.2, 0.25) is 0 Å². The van der Waals surface area contributed by atoms with Crippen molar-refractivity contribution in [1.29, 1.82) is 0 Å². The highest BCUT2D eigenvalue weighted by atomic mass is 19.4. The Balaban J connectivity index is 1.80. The number of carbonyl (C=O) groups excluding carboxylic acids is 1. The number of aliphatic hydroxyl groups is 1. The Labute approximate surface area is 187 Å². The molecule has 10 nitrogen and oxygen atoms in total. The fourth-order valence-electron chi connectivity index (χ4n) is 3.08. The van der Waals surface area contributed by atoms with Gasteiger partial charge < -0.3 is 29.4 Å². The molecule has 0 bridgehead atoms. The number of halogens is 6. The largest absolute Gasteiger partial charge is 0.573 e. The third-order valence-electron chi connectivity index (χ3n) is 4.60. The van der Waals surface area contributed by atoms with Crippen molar-refractivity contribution < 1.29 is 60.3 Å². The second-order valence-corrected chi connectivity index (χ2v) is 7.08. The standard InChI is InChI=1S/C18H17F6N3O7/c1-2-9-3-12(34-18(22,23)24)4-10-5-13(15(17(19,20)21)33-14(9)10)16(29)31-8-32-25-27(30)26-6-11(28)7-26/h3-5,11,15,28H,2,6-8H2,1H3/b27-25-/t15-/m0/s1. The number of esters is 1. The Morgan fingerprint density at radius 3 is 2.53 bits per heavy atom. The molecule has 0 spiro atoms. The van der Waals surface area contributed by atoms with E-state index in [0.717, 1.165) is 17.1 Å². The van der Waals surface area contributed by atoms with Gasteiger partial charge in [0.25, 0.3) is 6.79 Å². The van der Waals surface area contributed by atoms with Crippen molar-refractivity contribution in [2.45, 2.75) is 38.1 Å². The average molecular weight is 501 g/mol. The van der Waals surface area contributed by atoms with E-state index in [9.17, 15) is 36.3 Å². The lowest BCUT2D eigenvalue weighted by Crippen LogP contribution is -2.53. The molecule has 0 unspecified atom stereocenters. The lowest BCUT2D eigenvalue weighted by Gasteiger charge is -2.30. The topological polar surface area (TPSA) is 116 Å². The Morgan fingerprint density at radius 2 is 1.97 bits per heavy atom. The third-order valence-corrected chi connectivity index (χ3v) is 4.60. The zero-order valence-corrected chi connectivity index (χ0v) is 17.2. The summed E-state index contributed by atoms with van der Waals surface area (Å²) in [7, 11) is 0. The number of aryl methyl sites for hydroxylation is 1. The van der Waals surface area contributed by atoms with Crippen LogP contribution in [0.3, 0.4) is 0 Å². The van der Waals surface area contributed by atoms with Gasteiger partial charge in [0, 0.05) is 5.56 Å². The highest BCUT2D eigenvalue weighted by Crippen LogP contribution is 2.42. The number of carbonyl (C=O) groups is 1. The van der Waals surface area contributed by atoms with E-state index in [0.29, 0.717) is 6.08 Å². The summed E-state index contributed by atoms with van der Waals surface area (Å²) in [4.78, 5) is 16.7. The predicted molar refractivity (Wildman–Crippen MR) is 96.6 cm³/mol. The van der Waals surface area contributed by atoms with Crippen molar-refractivity contribution in [3.05, 3.63) is 34.0 Å². The average Bonchev–Trinajstić information content (AvgIpc) is 2.70. The fraction of sp³-hybridized carbons (Fsp3) is 0.500. The lowest BCUT2D eigenvalue weighted by molar-refractivity contribution is -0.727. The van der Waals surface area contributed by atoms with Gasteiger partial charge in [-0.25, -0.2) is 4.79 Å². The number of ether oxygens (including phenoxy) is 3. The van der Waals surface area contributed by atoms with Gasteiger partial charge in [-0.3, -0.25) is 0 Å². The summed E-state index contributed by atoms with van der Waals surface area (Å²) in [5.41, 5.74) is -1.35. The molecular formula is C18H17F6N3O7. The number of alkyl halides is 6. The van der Waals surface area contributed by atoms with Gasteiger partial charge in [-0.05, 0) is 30.2 Å². The molecule has 1 fully saturated rings. The van der Waals surface area contributed by atoms with E-state index in [4.69, 9.17) is 9.84 Å². The molecule has 0 amide bonds. The van der Waals surface area contributed by atoms with E-state index in [-0.39, 0.29) is 41.4 Å². The van der Waals surface area contributed by atoms with Crippen LogP contribution in [-0.2, 0) is 20.8 Å². The van der Waals surface area contributed by atoms with Crippen LogP contribution in [0.25, 0.3) is 6.08 Å². The van der Waals surface area contributed by atoms with Crippen LogP contribution in [0.15, 0.2) is 23.0 Å². The van der Waals surface area contributed by atoms with Gasteiger partial charge in [-0.2, -0.15) is 13.2 Å². The van der Waals surface area contributed by atoms with Crippen LogP contribution in [0, 0.1) is 5.21 Å². The van der Waals surface area contributed by atoms with Crippen molar-refractivity contribution >= 4 is 12.0 Å². The van der Waals surface area contributed by atoms with E-state index in [1.165, 1.54) is 6.92 Å². The summed E-state index contributed by atoms with van der Waals surface area (Å²) in [6.07, 6.45) is -12.9. The molecule has 1 aromatic carbocycles. The number of benzene rings is 1. The monoisotopic (exact) mass is 501 g/mol. The third kappa shape index (κ3) is 5.92. The molecule has 3 rings (SSSR count). The summed E-state index contributed by atoms with van der Waals surface area (Å²) in [6.45, 7) is 0.382. The Hall–Kier alpha value is -3.43. The molecule has 0 aromatic heterocycles. The summed E-state index contributed by atoms with van der Waals surface area (Å²) in [5, 5.41) is 24.5. The molecule has 1 aromatic rings. The highest BCUT2D eigenvalue weighted by Gasteiger charge is 2.49. The molecule has 2 heterocycles. The van der Waals surface area contributed by atoms with Gasteiger partial charge in [-0.1, -0.05) is 6.92 Å². The minimum atomic E-state index is -5.08. The number of β-amino-alcohol motifs (C(OH)–C–C–N with tert-alkyl or cyclic N) is 1. The zero-order valence-electron chi connectivity index (χ0n) is 17.2. The molecule has 1 saturated heterocycles. The molecule has 0 aliphatic carbocycles. The van der Waals surface area contributed by atoms with E-state index < -0.39 is 48.8 Å². The number of aliphatic hydroxyl groups excluding tert-OH is 1. The van der Waals surface area contributed by atoms with Gasteiger partial charge in [0.05, 0.1) is 10.5 Å². The maximum Gasteiger partial charge on any atom is 0.573 e. The SMILES string of the molecule is CCc1cc(OC(F)(F)F)cc2c1O[C@H](C(F)(F)F)C(C(=O)OCO/N=[N+](\[O-])N1CC(O)C1)=C2. The van der Waals surface area contributed by atoms with Crippen LogP contribution in [-0.4, -0.2) is 65.7 Å². The Morgan fingerprint density at radius 1 is 1.29 bits per heavy atom.